The van der Waals surface area contributed by atoms with E-state index in [4.69, 9.17) is 0 Å². The van der Waals surface area contributed by atoms with Gasteiger partial charge >= 0.3 is 0 Å². The maximum atomic E-state index is 2.62. The van der Waals surface area contributed by atoms with Gasteiger partial charge in [-0.2, -0.15) is 0 Å². The molecule has 0 aromatic rings. The average Bonchev–Trinajstić information content (AvgIpc) is 2.79. The highest BCUT2D eigenvalue weighted by molar-refractivity contribution is 4.94. The van der Waals surface area contributed by atoms with Crippen molar-refractivity contribution < 1.29 is 0 Å². The van der Waals surface area contributed by atoms with Gasteiger partial charge in [0.1, 0.15) is 0 Å². The van der Waals surface area contributed by atoms with E-state index in [0.717, 1.165) is 35.5 Å². The molecule has 3 rings (SSSR count). The first-order valence-corrected chi connectivity index (χ1v) is 14.1. The minimum atomic E-state index is 0.882. The molecular weight excluding hydrogens is 360 g/mol. The second-order valence-electron chi connectivity index (χ2n) is 11.3. The maximum Gasteiger partial charge on any atom is -0.0233 e. The van der Waals surface area contributed by atoms with Gasteiger partial charge in [-0.1, -0.05) is 69.8 Å². The van der Waals surface area contributed by atoms with Crippen LogP contribution in [0.15, 0.2) is 24.3 Å². The van der Waals surface area contributed by atoms with Crippen LogP contribution in [0.5, 0.6) is 0 Å². The third kappa shape index (κ3) is 8.20. The molecule has 3 fully saturated rings. The Kier molecular flexibility index (Phi) is 11.1. The van der Waals surface area contributed by atoms with Gasteiger partial charge in [0.25, 0.3) is 0 Å². The minimum Gasteiger partial charge on any atom is -0.0914 e. The van der Waals surface area contributed by atoms with Gasteiger partial charge in [-0.25, -0.2) is 0 Å². The zero-order chi connectivity index (χ0) is 21.0. The minimum absolute atomic E-state index is 0.882. The Bertz CT molecular complexity index is 476. The van der Waals surface area contributed by atoms with Crippen molar-refractivity contribution in [3.05, 3.63) is 24.3 Å². The molecule has 0 nitrogen and oxygen atoms in total. The molecule has 0 aromatic heterocycles. The Morgan fingerprint density at radius 2 is 1.13 bits per heavy atom. The largest absolute Gasteiger partial charge is 0.0914 e. The predicted octanol–water partition coefficient (Wildman–Crippen LogP) is 9.90. The van der Waals surface area contributed by atoms with E-state index in [1.54, 1.807) is 25.7 Å². The van der Waals surface area contributed by atoms with E-state index in [9.17, 15) is 0 Å². The highest BCUT2D eigenvalue weighted by atomic mass is 14.4. The molecule has 0 atom stereocenters. The highest BCUT2D eigenvalue weighted by Gasteiger charge is 2.30. The lowest BCUT2D eigenvalue weighted by atomic mass is 9.68. The van der Waals surface area contributed by atoms with E-state index < -0.39 is 0 Å². The van der Waals surface area contributed by atoms with E-state index in [0.29, 0.717) is 0 Å². The summed E-state index contributed by atoms with van der Waals surface area (Å²) in [7, 11) is 0. The molecule has 0 saturated heterocycles. The molecule has 0 heteroatoms. The van der Waals surface area contributed by atoms with Crippen molar-refractivity contribution in [2.24, 2.45) is 35.5 Å². The summed E-state index contributed by atoms with van der Waals surface area (Å²) in [5.74, 6) is 6.01. The third-order valence-electron chi connectivity index (χ3n) is 9.10. The zero-order valence-electron chi connectivity index (χ0n) is 20.5. The van der Waals surface area contributed by atoms with Gasteiger partial charge in [-0.3, -0.25) is 0 Å². The van der Waals surface area contributed by atoms with Crippen LogP contribution in [0.25, 0.3) is 0 Å². The molecule has 0 bridgehead atoms. The van der Waals surface area contributed by atoms with Gasteiger partial charge in [0, 0.05) is 0 Å². The summed E-state index contributed by atoms with van der Waals surface area (Å²) in [6.07, 6.45) is 36.5. The van der Waals surface area contributed by atoms with E-state index in [1.807, 2.05) is 0 Å². The van der Waals surface area contributed by atoms with Gasteiger partial charge < -0.3 is 0 Å². The second-order valence-corrected chi connectivity index (χ2v) is 11.3. The van der Waals surface area contributed by atoms with Gasteiger partial charge in [0.2, 0.25) is 0 Å². The van der Waals surface area contributed by atoms with Crippen molar-refractivity contribution in [1.82, 2.24) is 0 Å². The summed E-state index contributed by atoms with van der Waals surface area (Å²) >= 11 is 0. The highest BCUT2D eigenvalue weighted by Crippen LogP contribution is 2.42. The standard InChI is InChI=1S/C30H52/c1-3-5-6-10-27-17-21-29(22-18-27)30-23-19-28(20-24-30)12-8-7-11-26-15-13-25(9-4-2)14-16-26/h4,8-9,12,25-30H,3,5-7,10-11,13-24H2,1-2H3/t25-,26-,27-,28-,29-,30-. The Balaban J connectivity index is 1.24. The lowest BCUT2D eigenvalue weighted by Crippen LogP contribution is -2.25. The normalized spacial score (nSPS) is 35.9. The van der Waals surface area contributed by atoms with Gasteiger partial charge in [-0.05, 0) is 119 Å². The Morgan fingerprint density at radius 3 is 1.77 bits per heavy atom. The van der Waals surface area contributed by atoms with E-state index in [-0.39, 0.29) is 0 Å². The Morgan fingerprint density at radius 1 is 0.600 bits per heavy atom. The van der Waals surface area contributed by atoms with Crippen LogP contribution in [0.2, 0.25) is 0 Å². The molecule has 0 unspecified atom stereocenters. The lowest BCUT2D eigenvalue weighted by molar-refractivity contribution is 0.151. The average molecular weight is 413 g/mol. The summed E-state index contributed by atoms with van der Waals surface area (Å²) in [4.78, 5) is 0. The summed E-state index contributed by atoms with van der Waals surface area (Å²) < 4.78 is 0. The van der Waals surface area contributed by atoms with Crippen LogP contribution in [0, 0.1) is 35.5 Å². The molecule has 3 aliphatic carbocycles. The summed E-state index contributed by atoms with van der Waals surface area (Å²) in [5, 5.41) is 0. The number of hydrogen-bond acceptors (Lipinski definition) is 0. The maximum absolute atomic E-state index is 2.62. The molecule has 172 valence electrons. The van der Waals surface area contributed by atoms with E-state index in [1.165, 1.54) is 89.9 Å². The van der Waals surface area contributed by atoms with E-state index >= 15 is 0 Å². The number of hydrogen-bond donors (Lipinski definition) is 0. The first kappa shape index (κ1) is 24.1. The van der Waals surface area contributed by atoms with Gasteiger partial charge in [-0.15, -0.1) is 0 Å². The van der Waals surface area contributed by atoms with Crippen LogP contribution in [0.3, 0.4) is 0 Å². The molecule has 0 aromatic carbocycles. The summed E-state index contributed by atoms with van der Waals surface area (Å²) in [6.45, 7) is 4.50. The van der Waals surface area contributed by atoms with Crippen molar-refractivity contribution in [3.63, 3.8) is 0 Å². The van der Waals surface area contributed by atoms with Crippen molar-refractivity contribution in [2.75, 3.05) is 0 Å². The smallest absolute Gasteiger partial charge is 0.0233 e. The fourth-order valence-corrected chi connectivity index (χ4v) is 7.00. The van der Waals surface area contributed by atoms with Crippen LogP contribution >= 0.6 is 0 Å². The summed E-state index contributed by atoms with van der Waals surface area (Å²) in [6, 6.07) is 0. The molecule has 3 saturated carbocycles. The van der Waals surface area contributed by atoms with Crippen molar-refractivity contribution in [1.29, 1.82) is 0 Å². The lowest BCUT2D eigenvalue weighted by Gasteiger charge is -2.37. The Hall–Kier alpha value is -0.520. The zero-order valence-corrected chi connectivity index (χ0v) is 20.5. The van der Waals surface area contributed by atoms with Gasteiger partial charge in [0.05, 0.1) is 0 Å². The third-order valence-corrected chi connectivity index (χ3v) is 9.10. The second kappa shape index (κ2) is 13.8. The molecular formula is C30H52. The van der Waals surface area contributed by atoms with Crippen molar-refractivity contribution >= 4 is 0 Å². The SMILES string of the molecule is CC=C[C@H]1CC[C@H](CCC=C[C@H]2CC[C@H]([C@H]3CC[C@H](CCCCC)CC3)CC2)CC1. The summed E-state index contributed by atoms with van der Waals surface area (Å²) in [5.41, 5.74) is 0. The molecule has 0 radical (unpaired) electrons. The molecule has 0 spiro atoms. The molecule has 0 aliphatic heterocycles. The monoisotopic (exact) mass is 412 g/mol. The first-order valence-electron chi connectivity index (χ1n) is 14.1. The molecule has 0 N–H and O–H groups in total. The van der Waals surface area contributed by atoms with Crippen LogP contribution in [0.1, 0.15) is 129 Å². The fourth-order valence-electron chi connectivity index (χ4n) is 7.00. The first-order chi connectivity index (χ1) is 14.8. The quantitative estimate of drug-likeness (QED) is 0.247. The van der Waals surface area contributed by atoms with E-state index in [2.05, 4.69) is 38.2 Å². The predicted molar refractivity (Wildman–Crippen MR) is 134 cm³/mol. The molecule has 0 heterocycles. The van der Waals surface area contributed by atoms with Crippen LogP contribution in [-0.4, -0.2) is 0 Å². The fraction of sp³-hybridized carbons (Fsp3) is 0.867. The topological polar surface area (TPSA) is 0 Å². The van der Waals surface area contributed by atoms with Crippen LogP contribution in [0.4, 0.5) is 0 Å². The van der Waals surface area contributed by atoms with Crippen LogP contribution in [-0.2, 0) is 0 Å². The molecule has 0 amide bonds. The molecule has 30 heavy (non-hydrogen) atoms. The molecule has 3 aliphatic rings. The van der Waals surface area contributed by atoms with Crippen LogP contribution < -0.4 is 0 Å². The number of allylic oxidation sites excluding steroid dienone is 4. The Labute approximate surface area is 189 Å². The number of rotatable bonds is 10. The van der Waals surface area contributed by atoms with Crippen molar-refractivity contribution in [3.8, 4) is 0 Å². The van der Waals surface area contributed by atoms with Crippen molar-refractivity contribution in [2.45, 2.75) is 129 Å². The number of unbranched alkanes of at least 4 members (excludes halogenated alkanes) is 2. The van der Waals surface area contributed by atoms with Gasteiger partial charge in [0.15, 0.2) is 0 Å².